The zero-order chi connectivity index (χ0) is 20.5. The molecule has 2 aromatic rings. The molecule has 0 heterocycles. The van der Waals surface area contributed by atoms with Gasteiger partial charge in [0.15, 0.2) is 11.5 Å². The van der Waals surface area contributed by atoms with Crippen LogP contribution in [0.2, 0.25) is 0 Å². The van der Waals surface area contributed by atoms with Crippen LogP contribution in [-0.4, -0.2) is 45.9 Å². The minimum absolute atomic E-state index is 0.253. The average Bonchev–Trinajstić information content (AvgIpc) is 2.71. The number of ether oxygens (including phenoxy) is 3. The van der Waals surface area contributed by atoms with Crippen molar-refractivity contribution >= 4 is 17.6 Å². The molecule has 2 aromatic carbocycles. The number of hydrogen-bond donors (Lipinski definition) is 3. The maximum atomic E-state index is 12.3. The predicted molar refractivity (Wildman–Crippen MR) is 106 cm³/mol. The highest BCUT2D eigenvalue weighted by atomic mass is 16.5. The fourth-order valence-electron chi connectivity index (χ4n) is 2.47. The standard InChI is InChI=1S/C20H25N3O5/c1-13(12-28-18-8-6-5-7-17(18)27-4)22-20(25)23-15-11-14(19(24)21-2)9-10-16(15)26-3/h5-11,13H,12H2,1-4H3,(H,21,24)(H2,22,23,25)/t13-/m0/s1. The van der Waals surface area contributed by atoms with Crippen molar-refractivity contribution in [2.24, 2.45) is 0 Å². The number of benzene rings is 2. The second-order valence-electron chi connectivity index (χ2n) is 5.96. The Labute approximate surface area is 164 Å². The Morgan fingerprint density at radius 3 is 2.32 bits per heavy atom. The first-order valence-electron chi connectivity index (χ1n) is 8.72. The summed E-state index contributed by atoms with van der Waals surface area (Å²) in [5.74, 6) is 1.40. The van der Waals surface area contributed by atoms with Gasteiger partial charge in [0.05, 0.1) is 25.9 Å². The van der Waals surface area contributed by atoms with E-state index in [1.54, 1.807) is 37.4 Å². The number of amides is 3. The molecule has 28 heavy (non-hydrogen) atoms. The monoisotopic (exact) mass is 387 g/mol. The molecule has 3 N–H and O–H groups in total. The molecule has 8 nitrogen and oxygen atoms in total. The van der Waals surface area contributed by atoms with Gasteiger partial charge >= 0.3 is 6.03 Å². The number of rotatable bonds is 8. The predicted octanol–water partition coefficient (Wildman–Crippen LogP) is 2.65. The number of carbonyl (C=O) groups excluding carboxylic acids is 2. The van der Waals surface area contributed by atoms with E-state index >= 15 is 0 Å². The topological polar surface area (TPSA) is 97.9 Å². The van der Waals surface area contributed by atoms with Gasteiger partial charge in [0.25, 0.3) is 5.91 Å². The van der Waals surface area contributed by atoms with Crippen molar-refractivity contribution in [1.82, 2.24) is 10.6 Å². The molecule has 1 atom stereocenters. The largest absolute Gasteiger partial charge is 0.495 e. The van der Waals surface area contributed by atoms with E-state index in [4.69, 9.17) is 14.2 Å². The van der Waals surface area contributed by atoms with Crippen LogP contribution in [-0.2, 0) is 0 Å². The number of hydrogen-bond acceptors (Lipinski definition) is 5. The van der Waals surface area contributed by atoms with Crippen LogP contribution < -0.4 is 30.2 Å². The van der Waals surface area contributed by atoms with E-state index in [2.05, 4.69) is 16.0 Å². The van der Waals surface area contributed by atoms with Crippen molar-refractivity contribution in [3.63, 3.8) is 0 Å². The van der Waals surface area contributed by atoms with Gasteiger partial charge in [0, 0.05) is 12.6 Å². The fraction of sp³-hybridized carbons (Fsp3) is 0.300. The van der Waals surface area contributed by atoms with Crippen LogP contribution in [0.15, 0.2) is 42.5 Å². The van der Waals surface area contributed by atoms with Gasteiger partial charge in [-0.25, -0.2) is 4.79 Å². The Kier molecular flexibility index (Phi) is 7.50. The SMILES string of the molecule is CNC(=O)c1ccc(OC)c(NC(=O)N[C@@H](C)COc2ccccc2OC)c1. The quantitative estimate of drug-likeness (QED) is 0.647. The van der Waals surface area contributed by atoms with E-state index < -0.39 is 6.03 Å². The summed E-state index contributed by atoms with van der Waals surface area (Å²) >= 11 is 0. The lowest BCUT2D eigenvalue weighted by Gasteiger charge is -2.18. The van der Waals surface area contributed by atoms with Crippen LogP contribution in [0, 0.1) is 0 Å². The molecule has 0 aliphatic heterocycles. The molecule has 0 aromatic heterocycles. The second kappa shape index (κ2) is 10.1. The van der Waals surface area contributed by atoms with Gasteiger partial charge in [-0.2, -0.15) is 0 Å². The third kappa shape index (κ3) is 5.54. The molecular weight excluding hydrogens is 362 g/mol. The van der Waals surface area contributed by atoms with Gasteiger partial charge in [-0.05, 0) is 37.3 Å². The normalized spacial score (nSPS) is 11.1. The van der Waals surface area contributed by atoms with E-state index in [-0.39, 0.29) is 18.6 Å². The molecule has 0 saturated heterocycles. The Morgan fingerprint density at radius 2 is 1.68 bits per heavy atom. The van der Waals surface area contributed by atoms with E-state index in [1.807, 2.05) is 19.1 Å². The maximum absolute atomic E-state index is 12.3. The summed E-state index contributed by atoms with van der Waals surface area (Å²) in [4.78, 5) is 24.1. The first-order valence-corrected chi connectivity index (χ1v) is 8.72. The summed E-state index contributed by atoms with van der Waals surface area (Å²) in [5, 5.41) is 8.01. The first kappa shape index (κ1) is 20.9. The number of methoxy groups -OCH3 is 2. The van der Waals surface area contributed by atoms with Gasteiger partial charge in [0.1, 0.15) is 12.4 Å². The number of anilines is 1. The zero-order valence-electron chi connectivity index (χ0n) is 16.4. The van der Waals surface area contributed by atoms with Crippen molar-refractivity contribution < 1.29 is 23.8 Å². The molecular formula is C20H25N3O5. The molecule has 0 spiro atoms. The van der Waals surface area contributed by atoms with Crippen molar-refractivity contribution in [3.8, 4) is 17.2 Å². The molecule has 0 aliphatic carbocycles. The highest BCUT2D eigenvalue weighted by Crippen LogP contribution is 2.26. The maximum Gasteiger partial charge on any atom is 0.319 e. The average molecular weight is 387 g/mol. The molecule has 0 fully saturated rings. The molecule has 2 rings (SSSR count). The third-order valence-corrected chi connectivity index (χ3v) is 3.87. The van der Waals surface area contributed by atoms with Crippen LogP contribution >= 0.6 is 0 Å². The summed E-state index contributed by atoms with van der Waals surface area (Å²) in [6.07, 6.45) is 0. The molecule has 0 aliphatic rings. The van der Waals surface area contributed by atoms with Crippen molar-refractivity contribution in [1.29, 1.82) is 0 Å². The van der Waals surface area contributed by atoms with Crippen LogP contribution in [0.3, 0.4) is 0 Å². The molecule has 0 radical (unpaired) electrons. The lowest BCUT2D eigenvalue weighted by atomic mass is 10.1. The van der Waals surface area contributed by atoms with E-state index in [0.717, 1.165) is 0 Å². The lowest BCUT2D eigenvalue weighted by Crippen LogP contribution is -2.39. The molecule has 0 saturated carbocycles. The van der Waals surface area contributed by atoms with Crippen LogP contribution in [0.1, 0.15) is 17.3 Å². The number of urea groups is 1. The Balaban J connectivity index is 1.96. The number of para-hydroxylation sites is 2. The lowest BCUT2D eigenvalue weighted by molar-refractivity contribution is 0.0963. The zero-order valence-corrected chi connectivity index (χ0v) is 16.4. The van der Waals surface area contributed by atoms with Crippen molar-refractivity contribution in [2.45, 2.75) is 13.0 Å². The minimum atomic E-state index is -0.441. The molecule has 150 valence electrons. The number of nitrogens with one attached hydrogen (secondary N) is 3. The van der Waals surface area contributed by atoms with Crippen LogP contribution in [0.4, 0.5) is 10.5 Å². The summed E-state index contributed by atoms with van der Waals surface area (Å²) < 4.78 is 16.2. The third-order valence-electron chi connectivity index (χ3n) is 3.87. The highest BCUT2D eigenvalue weighted by Gasteiger charge is 2.14. The smallest absolute Gasteiger partial charge is 0.319 e. The first-order chi connectivity index (χ1) is 13.5. The van der Waals surface area contributed by atoms with Crippen molar-refractivity contribution in [3.05, 3.63) is 48.0 Å². The van der Waals surface area contributed by atoms with Gasteiger partial charge in [0.2, 0.25) is 0 Å². The molecule has 3 amide bonds. The Morgan fingerprint density at radius 1 is 1.00 bits per heavy atom. The van der Waals surface area contributed by atoms with Gasteiger partial charge in [-0.1, -0.05) is 12.1 Å². The molecule has 0 bridgehead atoms. The Bertz CT molecular complexity index is 825. The summed E-state index contributed by atoms with van der Waals surface area (Å²) in [6.45, 7) is 2.07. The summed E-state index contributed by atoms with van der Waals surface area (Å²) in [6, 6.07) is 11.3. The molecule has 0 unspecified atom stereocenters. The van der Waals surface area contributed by atoms with Crippen molar-refractivity contribution in [2.75, 3.05) is 33.2 Å². The fourth-order valence-corrected chi connectivity index (χ4v) is 2.47. The molecule has 8 heteroatoms. The summed E-state index contributed by atoms with van der Waals surface area (Å²) in [5.41, 5.74) is 0.796. The van der Waals surface area contributed by atoms with Gasteiger partial charge in [-0.3, -0.25) is 4.79 Å². The van der Waals surface area contributed by atoms with Crippen LogP contribution in [0.5, 0.6) is 17.2 Å². The highest BCUT2D eigenvalue weighted by molar-refractivity contribution is 5.97. The van der Waals surface area contributed by atoms with E-state index in [1.165, 1.54) is 14.2 Å². The van der Waals surface area contributed by atoms with Gasteiger partial charge < -0.3 is 30.2 Å². The number of carbonyl (C=O) groups is 2. The Hall–Kier alpha value is -3.42. The van der Waals surface area contributed by atoms with E-state index in [0.29, 0.717) is 28.5 Å². The second-order valence-corrected chi connectivity index (χ2v) is 5.96. The van der Waals surface area contributed by atoms with E-state index in [9.17, 15) is 9.59 Å². The van der Waals surface area contributed by atoms with Crippen LogP contribution in [0.25, 0.3) is 0 Å². The minimum Gasteiger partial charge on any atom is -0.495 e. The summed E-state index contributed by atoms with van der Waals surface area (Å²) in [7, 11) is 4.59. The van der Waals surface area contributed by atoms with Gasteiger partial charge in [-0.15, -0.1) is 0 Å².